The van der Waals surface area contributed by atoms with Crippen molar-refractivity contribution in [2.45, 2.75) is 80.5 Å². The molecule has 16 heteroatoms. The Bertz CT molecular complexity index is 2820. The second-order valence-electron chi connectivity index (χ2n) is 17.6. The molecule has 2 amide bonds. The lowest BCUT2D eigenvalue weighted by atomic mass is 9.95. The number of anilines is 2. The Morgan fingerprint density at radius 1 is 0.781 bits per heavy atom. The molecule has 0 saturated carbocycles. The average Bonchev–Trinajstić information content (AvgIpc) is 3.62. The van der Waals surface area contributed by atoms with Crippen LogP contribution in [-0.2, 0) is 14.3 Å². The van der Waals surface area contributed by atoms with Crippen molar-refractivity contribution in [3.8, 4) is 22.3 Å². The van der Waals surface area contributed by atoms with Crippen LogP contribution in [0.2, 0.25) is 0 Å². The lowest BCUT2D eigenvalue weighted by molar-refractivity contribution is -0.135. The number of aromatic amines is 2. The summed E-state index contributed by atoms with van der Waals surface area (Å²) in [6.45, 7) is 9.60. The first-order valence-electron chi connectivity index (χ1n) is 22.1. The van der Waals surface area contributed by atoms with Gasteiger partial charge in [-0.2, -0.15) is 0 Å². The van der Waals surface area contributed by atoms with Gasteiger partial charge in [0.2, 0.25) is 17.8 Å². The van der Waals surface area contributed by atoms with Gasteiger partial charge in [0.25, 0.3) is 5.91 Å². The molecule has 3 fully saturated rings. The predicted octanol–water partition coefficient (Wildman–Crippen LogP) is 8.87. The molecule has 7 aromatic rings. The van der Waals surface area contributed by atoms with E-state index in [2.05, 4.69) is 129 Å². The van der Waals surface area contributed by atoms with Gasteiger partial charge in [0.1, 0.15) is 27.8 Å². The van der Waals surface area contributed by atoms with Crippen molar-refractivity contribution in [1.82, 2.24) is 49.7 Å². The Balaban J connectivity index is 0.840. The van der Waals surface area contributed by atoms with Gasteiger partial charge in [-0.1, -0.05) is 64.1 Å². The molecule has 7 heterocycles. The summed E-state index contributed by atoms with van der Waals surface area (Å²) in [7, 11) is 0. The Kier molecular flexibility index (Phi) is 11.1. The summed E-state index contributed by atoms with van der Waals surface area (Å²) in [5.74, 6) is 2.76. The number of nitrogens with zero attached hydrogens (tertiary/aromatic N) is 8. The van der Waals surface area contributed by atoms with Gasteiger partial charge in [0, 0.05) is 37.9 Å². The maximum atomic E-state index is 14.5. The van der Waals surface area contributed by atoms with E-state index in [1.807, 2.05) is 27.8 Å². The third-order valence-corrected chi connectivity index (χ3v) is 16.1. The second kappa shape index (κ2) is 16.8. The number of carbonyl (C=O) groups excluding carboxylic acids is 2. The highest BCUT2D eigenvalue weighted by molar-refractivity contribution is 8.08. The van der Waals surface area contributed by atoms with Gasteiger partial charge in [-0.25, -0.2) is 29.9 Å². The summed E-state index contributed by atoms with van der Waals surface area (Å²) < 4.78 is -0.242. The third kappa shape index (κ3) is 7.53. The van der Waals surface area contributed by atoms with E-state index in [1.54, 1.807) is 36.9 Å². The number of fused-ring (bicyclic) bond motifs is 3. The van der Waals surface area contributed by atoms with E-state index in [-0.39, 0.29) is 39.8 Å². The number of aromatic nitrogens is 8. The number of piperidine rings is 1. The van der Waals surface area contributed by atoms with E-state index in [9.17, 15) is 9.59 Å². The summed E-state index contributed by atoms with van der Waals surface area (Å²) in [6, 6.07) is 24.3. The molecule has 14 nitrogen and oxygen atoms in total. The van der Waals surface area contributed by atoms with E-state index < -0.39 is 10.9 Å². The highest BCUT2D eigenvalue weighted by atomic mass is 32.2. The number of hydrogen-bond donors (Lipinski definition) is 4. The molecule has 4 N–H and O–H groups in total. The molecule has 3 saturated heterocycles. The van der Waals surface area contributed by atoms with Crippen molar-refractivity contribution in [1.29, 1.82) is 0 Å². The van der Waals surface area contributed by atoms with E-state index in [0.717, 1.165) is 88.2 Å². The first-order chi connectivity index (χ1) is 31.1. The molecule has 3 aliphatic rings. The number of H-pyrrole nitrogens is 2. The molecule has 3 aromatic carbocycles. The third-order valence-electron chi connectivity index (χ3n) is 13.0. The minimum Gasteiger partial charge on any atom is -0.342 e. The van der Waals surface area contributed by atoms with Crippen molar-refractivity contribution in [3.05, 3.63) is 109 Å². The van der Waals surface area contributed by atoms with Crippen LogP contribution < -0.4 is 10.6 Å². The minimum atomic E-state index is -0.933. The van der Waals surface area contributed by atoms with E-state index in [4.69, 9.17) is 9.97 Å². The number of nitrogens with one attached hydrogen (secondary N) is 4. The lowest BCUT2D eigenvalue weighted by Crippen LogP contribution is -2.55. The van der Waals surface area contributed by atoms with E-state index >= 15 is 0 Å². The quantitative estimate of drug-likeness (QED) is 0.0641. The molecule has 5 unspecified atom stereocenters. The number of likely N-dealkylation sites (tertiary alicyclic amines) is 2. The summed E-state index contributed by atoms with van der Waals surface area (Å²) in [4.78, 5) is 66.3. The number of rotatable bonds is 13. The molecular formula is C48H52N12O2S2. The molecule has 0 bridgehead atoms. The van der Waals surface area contributed by atoms with Crippen molar-refractivity contribution in [3.63, 3.8) is 0 Å². The zero-order chi connectivity index (χ0) is 44.2. The van der Waals surface area contributed by atoms with Crippen molar-refractivity contribution in [2.24, 2.45) is 11.8 Å². The molecule has 64 heavy (non-hydrogen) atoms. The Labute approximate surface area is 380 Å². The lowest BCUT2D eigenvalue weighted by Gasteiger charge is -2.39. The molecule has 10 rings (SSSR count). The summed E-state index contributed by atoms with van der Waals surface area (Å²) in [5, 5.41) is 6.72. The number of imidazole rings is 2. The number of amides is 2. The molecule has 3 aliphatic heterocycles. The average molecular weight is 893 g/mol. The Morgan fingerprint density at radius 2 is 1.38 bits per heavy atom. The van der Waals surface area contributed by atoms with Crippen LogP contribution in [-0.4, -0.2) is 97.1 Å². The van der Waals surface area contributed by atoms with Crippen LogP contribution in [0.5, 0.6) is 0 Å². The standard InChI is InChI=1S/C48H52N12O2S2/c1-28(2)39(57-45-49-20-8-21-50-45)41(61)60-25-7-19-47(44(60)64-47)42-55-35-18-16-33(27-37(35)56-42)31-13-11-30(12-14-31)32-15-17-34-36(26-32)54-40(53-34)38-10-6-24-59(38)43(62)48(63-5,29(3)4)58-46-51-22-9-23-52-46/h8-9,11-18,20-23,26-29,38-39,44H,6-7,10,19,24-25H2,1-5H3,(H,53,54)(H,55,56)(H,49,50,57)(H,51,52,58). The summed E-state index contributed by atoms with van der Waals surface area (Å²) in [6.07, 6.45) is 12.3. The van der Waals surface area contributed by atoms with Crippen LogP contribution in [0.4, 0.5) is 11.9 Å². The highest BCUT2D eigenvalue weighted by Gasteiger charge is 2.64. The maximum Gasteiger partial charge on any atom is 0.259 e. The largest absolute Gasteiger partial charge is 0.342 e. The van der Waals surface area contributed by atoms with Crippen LogP contribution in [0, 0.1) is 11.8 Å². The maximum absolute atomic E-state index is 14.5. The van der Waals surface area contributed by atoms with Crippen molar-refractivity contribution in [2.75, 3.05) is 30.0 Å². The summed E-state index contributed by atoms with van der Waals surface area (Å²) >= 11 is 3.32. The van der Waals surface area contributed by atoms with Gasteiger partial charge in [-0.3, -0.25) is 9.59 Å². The zero-order valence-corrected chi connectivity index (χ0v) is 38.2. The molecule has 0 spiro atoms. The topological polar surface area (TPSA) is 174 Å². The number of carbonyl (C=O) groups is 2. The first-order valence-corrected chi connectivity index (χ1v) is 24.2. The monoisotopic (exact) mass is 892 g/mol. The van der Waals surface area contributed by atoms with Gasteiger partial charge in [-0.15, -0.1) is 23.5 Å². The van der Waals surface area contributed by atoms with E-state index in [0.29, 0.717) is 18.4 Å². The van der Waals surface area contributed by atoms with Crippen LogP contribution in [0.3, 0.4) is 0 Å². The SMILES string of the molecule is CSC(Nc1ncccn1)(C(=O)N1CCCC1c1nc2ccc(-c3ccc(-c4ccc5nc(C67CCCN(C(=O)C(Nc8ncccn8)C(C)C)C6S7)[nH]c5c4)cc3)cc2[nH]1)C(C)C. The normalized spacial score (nSPS) is 21.0. The fraction of sp³-hybridized carbons (Fsp3) is 0.375. The predicted molar refractivity (Wildman–Crippen MR) is 255 cm³/mol. The molecular weight excluding hydrogens is 841 g/mol. The van der Waals surface area contributed by atoms with Gasteiger partial charge in [0.05, 0.1) is 28.1 Å². The zero-order valence-electron chi connectivity index (χ0n) is 36.6. The smallest absolute Gasteiger partial charge is 0.259 e. The minimum absolute atomic E-state index is 0.0156. The van der Waals surface area contributed by atoms with Gasteiger partial charge in [-0.05, 0) is 102 Å². The molecule has 0 radical (unpaired) electrons. The second-order valence-corrected chi connectivity index (χ2v) is 20.1. The van der Waals surface area contributed by atoms with Crippen LogP contribution in [0.1, 0.15) is 71.1 Å². The van der Waals surface area contributed by atoms with Crippen LogP contribution in [0.15, 0.2) is 97.6 Å². The fourth-order valence-corrected chi connectivity index (χ4v) is 11.9. The Hall–Kier alpha value is -6.00. The number of hydrogen-bond acceptors (Lipinski definition) is 12. The number of benzene rings is 3. The molecule has 5 atom stereocenters. The highest BCUT2D eigenvalue weighted by Crippen LogP contribution is 2.66. The van der Waals surface area contributed by atoms with Crippen LogP contribution in [0.25, 0.3) is 44.3 Å². The first kappa shape index (κ1) is 42.0. The van der Waals surface area contributed by atoms with Gasteiger partial charge in [0.15, 0.2) is 4.87 Å². The number of thioether (sulfide) groups is 2. The fourth-order valence-electron chi connectivity index (χ4n) is 9.48. The molecule has 4 aromatic heterocycles. The van der Waals surface area contributed by atoms with Crippen molar-refractivity contribution >= 4 is 69.3 Å². The molecule has 0 aliphatic carbocycles. The molecule has 328 valence electrons. The van der Waals surface area contributed by atoms with E-state index in [1.165, 1.54) is 11.8 Å². The Morgan fingerprint density at radius 3 is 2.00 bits per heavy atom. The van der Waals surface area contributed by atoms with Crippen LogP contribution >= 0.6 is 23.5 Å². The van der Waals surface area contributed by atoms with Gasteiger partial charge < -0.3 is 30.4 Å². The van der Waals surface area contributed by atoms with Gasteiger partial charge >= 0.3 is 0 Å². The van der Waals surface area contributed by atoms with Crippen molar-refractivity contribution < 1.29 is 9.59 Å². The summed E-state index contributed by atoms with van der Waals surface area (Å²) in [5.41, 5.74) is 8.09.